The summed E-state index contributed by atoms with van der Waals surface area (Å²) in [6.07, 6.45) is 2.02. The number of nitrogens with zero attached hydrogens (tertiary/aromatic N) is 2. The highest BCUT2D eigenvalue weighted by Gasteiger charge is 2.17. The summed E-state index contributed by atoms with van der Waals surface area (Å²) < 4.78 is 11.3. The molecule has 1 aromatic carbocycles. The normalized spacial score (nSPS) is 16.6. The van der Waals surface area contributed by atoms with Crippen LogP contribution in [0.3, 0.4) is 0 Å². The van der Waals surface area contributed by atoms with Gasteiger partial charge in [-0.05, 0) is 41.7 Å². The van der Waals surface area contributed by atoms with Gasteiger partial charge in [-0.25, -0.2) is 9.78 Å². The molecule has 2 amide bonds. The van der Waals surface area contributed by atoms with E-state index in [0.29, 0.717) is 19.7 Å². The fourth-order valence-corrected chi connectivity index (χ4v) is 3.36. The first-order valence-electron chi connectivity index (χ1n) is 10.9. The summed E-state index contributed by atoms with van der Waals surface area (Å²) in [5, 5.41) is 5.66. The highest BCUT2D eigenvalue weighted by molar-refractivity contribution is 5.73. The summed E-state index contributed by atoms with van der Waals surface area (Å²) in [5.74, 6) is 1.74. The van der Waals surface area contributed by atoms with E-state index in [9.17, 15) is 4.79 Å². The molecule has 2 heterocycles. The van der Waals surface area contributed by atoms with E-state index < -0.39 is 0 Å². The van der Waals surface area contributed by atoms with E-state index in [4.69, 9.17) is 9.47 Å². The Morgan fingerprint density at radius 2 is 1.97 bits per heavy atom. The summed E-state index contributed by atoms with van der Waals surface area (Å²) in [6.45, 7) is 12.3. The molecule has 0 radical (unpaired) electrons. The molecule has 1 aromatic heterocycles. The minimum Gasteiger partial charge on any atom is -0.492 e. The van der Waals surface area contributed by atoms with Gasteiger partial charge in [0.1, 0.15) is 18.2 Å². The largest absolute Gasteiger partial charge is 0.492 e. The van der Waals surface area contributed by atoms with Gasteiger partial charge in [0.2, 0.25) is 0 Å². The zero-order valence-corrected chi connectivity index (χ0v) is 19.0. The number of carbonyl (C=O) groups excluding carboxylic acids is 1. The van der Waals surface area contributed by atoms with Crippen LogP contribution in [0.25, 0.3) is 0 Å². The first kappa shape index (κ1) is 22.9. The smallest absolute Gasteiger partial charge is 0.315 e. The van der Waals surface area contributed by atoms with Crippen molar-refractivity contribution >= 4 is 11.8 Å². The van der Waals surface area contributed by atoms with Crippen molar-refractivity contribution in [2.45, 2.75) is 45.8 Å². The summed E-state index contributed by atoms with van der Waals surface area (Å²) in [4.78, 5) is 18.8. The Balaban J connectivity index is 1.34. The molecule has 3 rings (SSSR count). The Morgan fingerprint density at radius 1 is 1.19 bits per heavy atom. The number of amides is 2. The van der Waals surface area contributed by atoms with Gasteiger partial charge in [-0.2, -0.15) is 0 Å². The number of anilines is 1. The fourth-order valence-electron chi connectivity index (χ4n) is 3.36. The van der Waals surface area contributed by atoms with Crippen molar-refractivity contribution in [3.8, 4) is 5.75 Å². The number of benzene rings is 1. The number of aromatic nitrogens is 1. The standard InChI is InChI=1S/C24H34N4O3/c1-18-17-28(12-14-30-18)22-10-5-19(15-26-22)16-27-23(29)25-11-13-31-21-8-6-20(7-9-21)24(2,3)4/h5-10,15,18H,11-14,16-17H2,1-4H3,(H2,25,27,29). The van der Waals surface area contributed by atoms with Gasteiger partial charge in [0.15, 0.2) is 0 Å². The van der Waals surface area contributed by atoms with E-state index in [2.05, 4.69) is 60.3 Å². The maximum atomic E-state index is 12.0. The molecule has 2 aromatic rings. The molecule has 2 N–H and O–H groups in total. The molecule has 0 aliphatic carbocycles. The second kappa shape index (κ2) is 10.5. The summed E-state index contributed by atoms with van der Waals surface area (Å²) in [6, 6.07) is 11.9. The molecule has 1 fully saturated rings. The second-order valence-electron chi connectivity index (χ2n) is 8.88. The van der Waals surface area contributed by atoms with E-state index in [1.807, 2.05) is 24.3 Å². The Kier molecular flexibility index (Phi) is 7.74. The number of pyridine rings is 1. The molecule has 0 spiro atoms. The van der Waals surface area contributed by atoms with Crippen LogP contribution in [0.1, 0.15) is 38.8 Å². The van der Waals surface area contributed by atoms with Gasteiger partial charge in [-0.15, -0.1) is 0 Å². The Hall–Kier alpha value is -2.80. The zero-order valence-electron chi connectivity index (χ0n) is 19.0. The van der Waals surface area contributed by atoms with Gasteiger partial charge in [0, 0.05) is 25.8 Å². The minimum absolute atomic E-state index is 0.120. The summed E-state index contributed by atoms with van der Waals surface area (Å²) in [7, 11) is 0. The van der Waals surface area contributed by atoms with Crippen LogP contribution < -0.4 is 20.3 Å². The Bertz CT molecular complexity index is 831. The first-order valence-corrected chi connectivity index (χ1v) is 10.9. The van der Waals surface area contributed by atoms with Crippen LogP contribution in [0, 0.1) is 0 Å². The second-order valence-corrected chi connectivity index (χ2v) is 8.88. The average Bonchev–Trinajstić information content (AvgIpc) is 2.75. The summed E-state index contributed by atoms with van der Waals surface area (Å²) in [5.41, 5.74) is 2.34. The number of ether oxygens (including phenoxy) is 2. The monoisotopic (exact) mass is 426 g/mol. The number of hydrogen-bond donors (Lipinski definition) is 2. The first-order chi connectivity index (χ1) is 14.8. The summed E-state index contributed by atoms with van der Waals surface area (Å²) >= 11 is 0. The lowest BCUT2D eigenvalue weighted by Crippen LogP contribution is -2.41. The average molecular weight is 427 g/mol. The molecule has 1 saturated heterocycles. The molecule has 1 atom stereocenters. The fraction of sp³-hybridized carbons (Fsp3) is 0.500. The van der Waals surface area contributed by atoms with E-state index in [0.717, 1.165) is 36.8 Å². The van der Waals surface area contributed by atoms with Gasteiger partial charge < -0.3 is 25.0 Å². The lowest BCUT2D eigenvalue weighted by molar-refractivity contribution is 0.0529. The molecule has 7 nitrogen and oxygen atoms in total. The van der Waals surface area contributed by atoms with Crippen LogP contribution >= 0.6 is 0 Å². The lowest BCUT2D eigenvalue weighted by atomic mass is 9.87. The van der Waals surface area contributed by atoms with Crippen LogP contribution in [0.4, 0.5) is 10.6 Å². The topological polar surface area (TPSA) is 75.7 Å². The van der Waals surface area contributed by atoms with Crippen LogP contribution in [-0.2, 0) is 16.7 Å². The number of carbonyl (C=O) groups is 1. The number of urea groups is 1. The lowest BCUT2D eigenvalue weighted by Gasteiger charge is -2.32. The molecule has 7 heteroatoms. The number of rotatable bonds is 7. The maximum absolute atomic E-state index is 12.0. The van der Waals surface area contributed by atoms with E-state index in [1.54, 1.807) is 6.20 Å². The van der Waals surface area contributed by atoms with Crippen molar-refractivity contribution in [2.24, 2.45) is 0 Å². The molecular weight excluding hydrogens is 392 g/mol. The SMILES string of the molecule is CC1CN(c2ccc(CNC(=O)NCCOc3ccc(C(C)(C)C)cc3)cn2)CCO1. The van der Waals surface area contributed by atoms with Crippen molar-refractivity contribution in [3.63, 3.8) is 0 Å². The van der Waals surface area contributed by atoms with Gasteiger partial charge >= 0.3 is 6.03 Å². The van der Waals surface area contributed by atoms with Crippen molar-refractivity contribution in [1.82, 2.24) is 15.6 Å². The molecule has 168 valence electrons. The van der Waals surface area contributed by atoms with Gasteiger partial charge in [0.05, 0.1) is 19.3 Å². The van der Waals surface area contributed by atoms with E-state index in [-0.39, 0.29) is 17.6 Å². The van der Waals surface area contributed by atoms with Gasteiger partial charge in [0.25, 0.3) is 0 Å². The third-order valence-corrected chi connectivity index (χ3v) is 5.20. The molecule has 0 bridgehead atoms. The predicted molar refractivity (Wildman–Crippen MR) is 123 cm³/mol. The Labute approximate surface area is 185 Å². The third-order valence-electron chi connectivity index (χ3n) is 5.20. The molecular formula is C24H34N4O3. The van der Waals surface area contributed by atoms with E-state index in [1.165, 1.54) is 5.56 Å². The highest BCUT2D eigenvalue weighted by Crippen LogP contribution is 2.24. The van der Waals surface area contributed by atoms with Crippen LogP contribution in [0.15, 0.2) is 42.6 Å². The van der Waals surface area contributed by atoms with Crippen molar-refractivity contribution in [1.29, 1.82) is 0 Å². The number of hydrogen-bond acceptors (Lipinski definition) is 5. The molecule has 0 saturated carbocycles. The molecule has 1 aliphatic rings. The van der Waals surface area contributed by atoms with Crippen LogP contribution in [-0.4, -0.2) is 50.0 Å². The maximum Gasteiger partial charge on any atom is 0.315 e. The highest BCUT2D eigenvalue weighted by atomic mass is 16.5. The predicted octanol–water partition coefficient (Wildman–Crippen LogP) is 3.48. The number of nitrogens with one attached hydrogen (secondary N) is 2. The number of morpholine rings is 1. The van der Waals surface area contributed by atoms with E-state index >= 15 is 0 Å². The van der Waals surface area contributed by atoms with Crippen molar-refractivity contribution < 1.29 is 14.3 Å². The quantitative estimate of drug-likeness (QED) is 0.663. The van der Waals surface area contributed by atoms with Gasteiger partial charge in [-0.3, -0.25) is 0 Å². The van der Waals surface area contributed by atoms with Crippen molar-refractivity contribution in [3.05, 3.63) is 53.7 Å². The van der Waals surface area contributed by atoms with Crippen LogP contribution in [0.2, 0.25) is 0 Å². The van der Waals surface area contributed by atoms with Crippen molar-refractivity contribution in [2.75, 3.05) is 37.7 Å². The van der Waals surface area contributed by atoms with Crippen LogP contribution in [0.5, 0.6) is 5.75 Å². The van der Waals surface area contributed by atoms with Gasteiger partial charge in [-0.1, -0.05) is 39.0 Å². The molecule has 1 unspecified atom stereocenters. The Morgan fingerprint density at radius 3 is 2.61 bits per heavy atom. The molecule has 1 aliphatic heterocycles. The minimum atomic E-state index is -0.224. The zero-order chi connectivity index (χ0) is 22.3. The molecule has 31 heavy (non-hydrogen) atoms. The third kappa shape index (κ3) is 7.14.